The van der Waals surface area contributed by atoms with E-state index in [9.17, 15) is 33.0 Å². The number of anilines is 2. The number of carboxylic acids is 2. The van der Waals surface area contributed by atoms with Crippen LogP contribution in [-0.2, 0) is 15.8 Å². The van der Waals surface area contributed by atoms with Crippen molar-refractivity contribution in [3.63, 3.8) is 0 Å². The van der Waals surface area contributed by atoms with Crippen LogP contribution in [0.1, 0.15) is 68.1 Å². The summed E-state index contributed by atoms with van der Waals surface area (Å²) in [7, 11) is 0. The fraction of sp³-hybridized carbons (Fsp3) is 0.387. The minimum Gasteiger partial charge on any atom is -0.481 e. The zero-order chi connectivity index (χ0) is 28.8. The maximum Gasteiger partial charge on any atom is 0.417 e. The van der Waals surface area contributed by atoms with Gasteiger partial charge < -0.3 is 15.1 Å². The van der Waals surface area contributed by atoms with E-state index in [1.165, 1.54) is 6.07 Å². The Morgan fingerprint density at radius 2 is 1.65 bits per heavy atom. The van der Waals surface area contributed by atoms with Gasteiger partial charge >= 0.3 is 18.1 Å². The zero-order valence-electron chi connectivity index (χ0n) is 22.2. The summed E-state index contributed by atoms with van der Waals surface area (Å²) >= 11 is 0. The Labute approximate surface area is 230 Å². The fourth-order valence-corrected chi connectivity index (χ4v) is 6.36. The first-order chi connectivity index (χ1) is 19.0. The molecule has 1 aliphatic carbocycles. The summed E-state index contributed by atoms with van der Waals surface area (Å²) in [5, 5.41) is 20.6. The molecule has 2 unspecified atom stereocenters. The molecule has 0 spiro atoms. The van der Waals surface area contributed by atoms with Gasteiger partial charge in [0.1, 0.15) is 6.04 Å². The molecule has 0 saturated heterocycles. The standard InChI is InChI=1S/C31H31F3N2O4/c1-17(2)18-7-11-21(12-8-18)36-26-14-9-19(25-13-10-20(16-35-25)31(32,33)34)15-24(26)27(28(36)30(39)40)22-5-3-4-6-23(22)29(37)38/h7-17,22-23,27-28H,3-6H2,1-2H3,(H,37,38)(H,39,40)/t22-,23+,27?,28?/m0/s1. The van der Waals surface area contributed by atoms with E-state index in [1.807, 2.05) is 24.3 Å². The number of carboxylic acid groups (broad SMARTS) is 2. The number of benzene rings is 2. The van der Waals surface area contributed by atoms with Gasteiger partial charge in [-0.25, -0.2) is 4.79 Å². The molecule has 9 heteroatoms. The number of aliphatic carboxylic acids is 2. The van der Waals surface area contributed by atoms with E-state index >= 15 is 0 Å². The Morgan fingerprint density at radius 1 is 0.950 bits per heavy atom. The highest BCUT2D eigenvalue weighted by atomic mass is 19.4. The average molecular weight is 553 g/mol. The van der Waals surface area contributed by atoms with Crippen LogP contribution >= 0.6 is 0 Å². The fourth-order valence-electron chi connectivity index (χ4n) is 6.36. The van der Waals surface area contributed by atoms with E-state index in [2.05, 4.69) is 18.8 Å². The number of fused-ring (bicyclic) bond motifs is 1. The van der Waals surface area contributed by atoms with Crippen LogP contribution in [0.3, 0.4) is 0 Å². The summed E-state index contributed by atoms with van der Waals surface area (Å²) in [6, 6.07) is 14.2. The molecule has 6 nitrogen and oxygen atoms in total. The molecule has 210 valence electrons. The molecule has 2 aliphatic rings. The number of carbonyl (C=O) groups is 2. The Bertz CT molecular complexity index is 1400. The summed E-state index contributed by atoms with van der Waals surface area (Å²) in [6.07, 6.45) is -1.11. The highest BCUT2D eigenvalue weighted by Crippen LogP contribution is 2.54. The molecular weight excluding hydrogens is 521 g/mol. The number of pyridine rings is 1. The van der Waals surface area contributed by atoms with Gasteiger partial charge in [-0.05, 0) is 72.2 Å². The summed E-state index contributed by atoms with van der Waals surface area (Å²) < 4.78 is 39.3. The SMILES string of the molecule is CC(C)c1ccc(N2c3ccc(-c4ccc(C(F)(F)F)cn4)cc3C([C@H]3CCCC[C@H]3C(=O)O)C2C(=O)O)cc1. The molecule has 0 amide bonds. The third-order valence-electron chi connectivity index (χ3n) is 8.34. The molecule has 0 radical (unpaired) electrons. The predicted octanol–water partition coefficient (Wildman–Crippen LogP) is 7.47. The molecular formula is C31H31F3N2O4. The highest BCUT2D eigenvalue weighted by molar-refractivity contribution is 5.90. The van der Waals surface area contributed by atoms with E-state index in [-0.39, 0.29) is 0 Å². The van der Waals surface area contributed by atoms with Crippen LogP contribution in [0.2, 0.25) is 0 Å². The maximum absolute atomic E-state index is 13.1. The molecule has 40 heavy (non-hydrogen) atoms. The number of aromatic nitrogens is 1. The average Bonchev–Trinajstić information content (AvgIpc) is 3.27. The van der Waals surface area contributed by atoms with Crippen LogP contribution < -0.4 is 4.90 Å². The van der Waals surface area contributed by atoms with E-state index < -0.39 is 47.5 Å². The summed E-state index contributed by atoms with van der Waals surface area (Å²) in [4.78, 5) is 31.0. The van der Waals surface area contributed by atoms with Gasteiger partial charge in [0.2, 0.25) is 0 Å². The van der Waals surface area contributed by atoms with Crippen molar-refractivity contribution in [1.82, 2.24) is 4.98 Å². The zero-order valence-corrected chi connectivity index (χ0v) is 22.2. The van der Waals surface area contributed by atoms with Crippen molar-refractivity contribution in [2.45, 2.75) is 63.6 Å². The van der Waals surface area contributed by atoms with Gasteiger partial charge in [-0.2, -0.15) is 13.2 Å². The molecule has 4 atom stereocenters. The minimum absolute atomic E-state index is 0.292. The van der Waals surface area contributed by atoms with Crippen molar-refractivity contribution in [2.75, 3.05) is 4.90 Å². The van der Waals surface area contributed by atoms with Crippen molar-refractivity contribution >= 4 is 23.3 Å². The van der Waals surface area contributed by atoms with E-state index in [0.29, 0.717) is 47.0 Å². The third-order valence-corrected chi connectivity index (χ3v) is 8.34. The van der Waals surface area contributed by atoms with Gasteiger partial charge in [0.05, 0.1) is 17.2 Å². The van der Waals surface area contributed by atoms with Gasteiger partial charge in [-0.1, -0.05) is 44.9 Å². The molecule has 1 saturated carbocycles. The summed E-state index contributed by atoms with van der Waals surface area (Å²) in [6.45, 7) is 4.14. The van der Waals surface area contributed by atoms with Crippen LogP contribution in [0.5, 0.6) is 0 Å². The molecule has 2 heterocycles. The first kappa shape index (κ1) is 27.7. The number of nitrogens with zero attached hydrogens (tertiary/aromatic N) is 2. The van der Waals surface area contributed by atoms with Crippen molar-refractivity contribution in [1.29, 1.82) is 0 Å². The van der Waals surface area contributed by atoms with Crippen molar-refractivity contribution in [3.05, 3.63) is 77.5 Å². The number of alkyl halides is 3. The molecule has 1 aromatic heterocycles. The molecule has 1 fully saturated rings. The quantitative estimate of drug-likeness (QED) is 0.330. The first-order valence-electron chi connectivity index (χ1n) is 13.5. The molecule has 2 N–H and O–H groups in total. The number of rotatable bonds is 6. The van der Waals surface area contributed by atoms with Crippen molar-refractivity contribution < 1.29 is 33.0 Å². The number of halogens is 3. The molecule has 5 rings (SSSR count). The smallest absolute Gasteiger partial charge is 0.417 e. The van der Waals surface area contributed by atoms with Crippen molar-refractivity contribution in [2.24, 2.45) is 11.8 Å². The third kappa shape index (κ3) is 5.05. The second kappa shape index (κ2) is 10.6. The molecule has 2 aromatic carbocycles. The van der Waals surface area contributed by atoms with Crippen molar-refractivity contribution in [3.8, 4) is 11.3 Å². The highest BCUT2D eigenvalue weighted by Gasteiger charge is 2.51. The second-order valence-electron chi connectivity index (χ2n) is 11.0. The lowest BCUT2D eigenvalue weighted by atomic mass is 9.68. The summed E-state index contributed by atoms with van der Waals surface area (Å²) in [5.41, 5.74) is 3.12. The lowest BCUT2D eigenvalue weighted by Gasteiger charge is -2.36. The lowest BCUT2D eigenvalue weighted by Crippen LogP contribution is -2.43. The number of hydrogen-bond acceptors (Lipinski definition) is 4. The monoisotopic (exact) mass is 552 g/mol. The topological polar surface area (TPSA) is 90.7 Å². The first-order valence-corrected chi connectivity index (χ1v) is 13.5. The van der Waals surface area contributed by atoms with Gasteiger partial charge in [0.25, 0.3) is 0 Å². The van der Waals surface area contributed by atoms with Gasteiger partial charge in [0, 0.05) is 29.1 Å². The van der Waals surface area contributed by atoms with Crippen LogP contribution in [0, 0.1) is 11.8 Å². The van der Waals surface area contributed by atoms with Crippen LogP contribution in [0.4, 0.5) is 24.5 Å². The van der Waals surface area contributed by atoms with Crippen LogP contribution in [0.25, 0.3) is 11.3 Å². The Hall–Kier alpha value is -3.88. The van der Waals surface area contributed by atoms with E-state index in [4.69, 9.17) is 0 Å². The normalized spacial score (nSPS) is 22.8. The number of hydrogen-bond donors (Lipinski definition) is 2. The van der Waals surface area contributed by atoms with Gasteiger partial charge in [0.15, 0.2) is 0 Å². The molecule has 1 aliphatic heterocycles. The van der Waals surface area contributed by atoms with E-state index in [1.54, 1.807) is 23.1 Å². The second-order valence-corrected chi connectivity index (χ2v) is 11.0. The van der Waals surface area contributed by atoms with Gasteiger partial charge in [-0.15, -0.1) is 0 Å². The van der Waals surface area contributed by atoms with Gasteiger partial charge in [-0.3, -0.25) is 9.78 Å². The molecule has 0 bridgehead atoms. The van der Waals surface area contributed by atoms with Crippen LogP contribution in [0.15, 0.2) is 60.8 Å². The Kier molecular flexibility index (Phi) is 7.33. The lowest BCUT2D eigenvalue weighted by molar-refractivity contribution is -0.147. The maximum atomic E-state index is 13.1. The Morgan fingerprint density at radius 3 is 2.23 bits per heavy atom. The van der Waals surface area contributed by atoms with E-state index in [0.717, 1.165) is 30.7 Å². The minimum atomic E-state index is -4.51. The summed E-state index contributed by atoms with van der Waals surface area (Å²) in [5.74, 6) is -3.44. The van der Waals surface area contributed by atoms with Crippen LogP contribution in [-0.4, -0.2) is 33.2 Å². The predicted molar refractivity (Wildman–Crippen MR) is 145 cm³/mol. The largest absolute Gasteiger partial charge is 0.481 e. The molecule has 3 aromatic rings. The Balaban J connectivity index is 1.66.